The molecule has 0 aromatic heterocycles. The molecule has 1 aliphatic heterocycles. The molecule has 1 rings (SSSR count). The summed E-state index contributed by atoms with van der Waals surface area (Å²) in [4.78, 5) is 18.5. The molecule has 2 N–H and O–H groups in total. The van der Waals surface area contributed by atoms with Gasteiger partial charge in [0.2, 0.25) is 5.91 Å². The van der Waals surface area contributed by atoms with Crippen molar-refractivity contribution in [2.45, 2.75) is 26.2 Å². The smallest absolute Gasteiger partial charge is 0.236 e. The maximum atomic E-state index is 11.9. The third-order valence-electron chi connectivity index (χ3n) is 3.87. The minimum Gasteiger partial charge on any atom is -0.345 e. The van der Waals surface area contributed by atoms with E-state index in [1.54, 1.807) is 4.90 Å². The highest BCUT2D eigenvalue weighted by Crippen LogP contribution is 2.05. The highest BCUT2D eigenvalue weighted by Gasteiger charge is 2.17. The molecule has 5 nitrogen and oxygen atoms in total. The van der Waals surface area contributed by atoms with E-state index in [9.17, 15) is 4.79 Å². The van der Waals surface area contributed by atoms with Gasteiger partial charge >= 0.3 is 0 Å². The lowest BCUT2D eigenvalue weighted by Gasteiger charge is -2.23. The maximum absolute atomic E-state index is 11.9. The lowest BCUT2D eigenvalue weighted by molar-refractivity contribution is -0.130. The first-order valence-corrected chi connectivity index (χ1v) is 7.56. The Balaban J connectivity index is 2.27. The Morgan fingerprint density at radius 3 is 2.53 bits per heavy atom. The zero-order valence-corrected chi connectivity index (χ0v) is 12.6. The number of amides is 1. The molecule has 1 amide bonds. The molecular formula is C14H30N4O. The second-order valence-electron chi connectivity index (χ2n) is 5.38. The summed E-state index contributed by atoms with van der Waals surface area (Å²) in [6.07, 6.45) is 3.46. The van der Waals surface area contributed by atoms with E-state index >= 15 is 0 Å². The largest absolute Gasteiger partial charge is 0.345 e. The average molecular weight is 270 g/mol. The van der Waals surface area contributed by atoms with Gasteiger partial charge in [-0.3, -0.25) is 9.69 Å². The van der Waals surface area contributed by atoms with Gasteiger partial charge < -0.3 is 15.5 Å². The van der Waals surface area contributed by atoms with Gasteiger partial charge in [-0.25, -0.2) is 0 Å². The third kappa shape index (κ3) is 6.36. The fourth-order valence-electron chi connectivity index (χ4n) is 2.37. The monoisotopic (exact) mass is 270 g/mol. The molecular weight excluding hydrogens is 240 g/mol. The number of hydrogen-bond donors (Lipinski definition) is 1. The topological polar surface area (TPSA) is 52.8 Å². The fourth-order valence-corrected chi connectivity index (χ4v) is 2.37. The number of unbranched alkanes of at least 4 members (excludes halogenated alkanes) is 1. The molecule has 0 bridgehead atoms. The van der Waals surface area contributed by atoms with Crippen LogP contribution >= 0.6 is 0 Å². The lowest BCUT2D eigenvalue weighted by Crippen LogP contribution is -2.40. The lowest BCUT2D eigenvalue weighted by atomic mass is 10.3. The maximum Gasteiger partial charge on any atom is 0.236 e. The molecule has 0 unspecified atom stereocenters. The number of nitrogens with zero attached hydrogens (tertiary/aromatic N) is 3. The van der Waals surface area contributed by atoms with Gasteiger partial charge in [-0.05, 0) is 52.4 Å². The highest BCUT2D eigenvalue weighted by molar-refractivity contribution is 5.77. The van der Waals surface area contributed by atoms with Crippen LogP contribution in [0.2, 0.25) is 0 Å². The van der Waals surface area contributed by atoms with Gasteiger partial charge in [0.1, 0.15) is 0 Å². The van der Waals surface area contributed by atoms with E-state index in [4.69, 9.17) is 5.73 Å². The van der Waals surface area contributed by atoms with Gasteiger partial charge in [0.15, 0.2) is 0 Å². The second kappa shape index (κ2) is 9.28. The summed E-state index contributed by atoms with van der Waals surface area (Å²) in [6.45, 7) is 9.58. The summed E-state index contributed by atoms with van der Waals surface area (Å²) in [6, 6.07) is 0. The fraction of sp³-hybridized carbons (Fsp3) is 0.929. The molecule has 0 saturated carbocycles. The first-order valence-electron chi connectivity index (χ1n) is 7.56. The zero-order chi connectivity index (χ0) is 14.1. The molecule has 0 aromatic rings. The summed E-state index contributed by atoms with van der Waals surface area (Å²) >= 11 is 0. The van der Waals surface area contributed by atoms with Crippen molar-refractivity contribution in [3.05, 3.63) is 0 Å². The predicted molar refractivity (Wildman–Crippen MR) is 79.1 cm³/mol. The SMILES string of the molecule is CCN(C)C(=O)CN1CCCN(CCCCN)CC1. The van der Waals surface area contributed by atoms with Gasteiger partial charge in [0.25, 0.3) is 0 Å². The molecule has 0 atom stereocenters. The molecule has 1 fully saturated rings. The van der Waals surface area contributed by atoms with E-state index < -0.39 is 0 Å². The summed E-state index contributed by atoms with van der Waals surface area (Å²) in [7, 11) is 1.87. The number of nitrogens with two attached hydrogens (primary N) is 1. The summed E-state index contributed by atoms with van der Waals surface area (Å²) in [5.41, 5.74) is 5.52. The summed E-state index contributed by atoms with van der Waals surface area (Å²) in [5, 5.41) is 0. The standard InChI is InChI=1S/C14H30N4O/c1-3-16(2)14(19)13-18-10-6-9-17(11-12-18)8-5-4-7-15/h3-13,15H2,1-2H3. The van der Waals surface area contributed by atoms with Gasteiger partial charge in [-0.1, -0.05) is 0 Å². The second-order valence-corrected chi connectivity index (χ2v) is 5.38. The number of hydrogen-bond acceptors (Lipinski definition) is 4. The van der Waals surface area contributed by atoms with Crippen LogP contribution in [0.15, 0.2) is 0 Å². The summed E-state index contributed by atoms with van der Waals surface area (Å²) < 4.78 is 0. The van der Waals surface area contributed by atoms with E-state index in [-0.39, 0.29) is 5.91 Å². The van der Waals surface area contributed by atoms with Crippen LogP contribution in [-0.4, -0.2) is 80.0 Å². The molecule has 1 heterocycles. The Morgan fingerprint density at radius 2 is 1.84 bits per heavy atom. The van der Waals surface area contributed by atoms with E-state index in [0.717, 1.165) is 58.7 Å². The zero-order valence-electron chi connectivity index (χ0n) is 12.6. The van der Waals surface area contributed by atoms with Crippen LogP contribution in [0.3, 0.4) is 0 Å². The van der Waals surface area contributed by atoms with Crippen molar-refractivity contribution in [3.8, 4) is 0 Å². The Morgan fingerprint density at radius 1 is 1.16 bits per heavy atom. The number of rotatable bonds is 7. The van der Waals surface area contributed by atoms with Crippen molar-refractivity contribution in [2.24, 2.45) is 5.73 Å². The van der Waals surface area contributed by atoms with Crippen molar-refractivity contribution in [2.75, 3.05) is 59.4 Å². The van der Waals surface area contributed by atoms with E-state index in [2.05, 4.69) is 9.80 Å². The molecule has 1 aliphatic rings. The van der Waals surface area contributed by atoms with Gasteiger partial charge in [-0.2, -0.15) is 0 Å². The van der Waals surface area contributed by atoms with E-state index in [1.807, 2.05) is 14.0 Å². The van der Waals surface area contributed by atoms with Crippen molar-refractivity contribution >= 4 is 5.91 Å². The minimum absolute atomic E-state index is 0.235. The van der Waals surface area contributed by atoms with Gasteiger partial charge in [0.05, 0.1) is 6.54 Å². The average Bonchev–Trinajstić information content (AvgIpc) is 2.64. The Bertz CT molecular complexity index is 260. The van der Waals surface area contributed by atoms with Gasteiger partial charge in [0, 0.05) is 26.7 Å². The van der Waals surface area contributed by atoms with Crippen LogP contribution in [-0.2, 0) is 4.79 Å². The normalized spacial score (nSPS) is 18.3. The molecule has 0 radical (unpaired) electrons. The van der Waals surface area contributed by atoms with Crippen LogP contribution < -0.4 is 5.73 Å². The Kier molecular flexibility index (Phi) is 8.02. The van der Waals surface area contributed by atoms with Crippen LogP contribution in [0, 0.1) is 0 Å². The first kappa shape index (κ1) is 16.4. The molecule has 1 saturated heterocycles. The van der Waals surface area contributed by atoms with Crippen LogP contribution in [0.25, 0.3) is 0 Å². The van der Waals surface area contributed by atoms with Crippen molar-refractivity contribution in [3.63, 3.8) is 0 Å². The minimum atomic E-state index is 0.235. The number of likely N-dealkylation sites (N-methyl/N-ethyl adjacent to an activating group) is 1. The van der Waals surface area contributed by atoms with Crippen molar-refractivity contribution in [1.29, 1.82) is 0 Å². The van der Waals surface area contributed by atoms with Crippen LogP contribution in [0.4, 0.5) is 0 Å². The van der Waals surface area contributed by atoms with Gasteiger partial charge in [-0.15, -0.1) is 0 Å². The molecule has 112 valence electrons. The van der Waals surface area contributed by atoms with E-state index in [1.165, 1.54) is 6.42 Å². The third-order valence-corrected chi connectivity index (χ3v) is 3.87. The summed E-state index contributed by atoms with van der Waals surface area (Å²) in [5.74, 6) is 0.235. The number of carbonyl (C=O) groups excluding carboxylic acids is 1. The van der Waals surface area contributed by atoms with Crippen molar-refractivity contribution in [1.82, 2.24) is 14.7 Å². The molecule has 5 heteroatoms. The van der Waals surface area contributed by atoms with Crippen LogP contribution in [0.5, 0.6) is 0 Å². The van der Waals surface area contributed by atoms with E-state index in [0.29, 0.717) is 6.54 Å². The first-order chi connectivity index (χ1) is 9.17. The molecule has 19 heavy (non-hydrogen) atoms. The highest BCUT2D eigenvalue weighted by atomic mass is 16.2. The predicted octanol–water partition coefficient (Wildman–Crippen LogP) is 0.211. The Labute approximate surface area is 117 Å². The quantitative estimate of drug-likeness (QED) is 0.672. The molecule has 0 aliphatic carbocycles. The molecule has 0 aromatic carbocycles. The number of carbonyl (C=O) groups is 1. The van der Waals surface area contributed by atoms with Crippen molar-refractivity contribution < 1.29 is 4.79 Å². The van der Waals surface area contributed by atoms with Crippen LogP contribution in [0.1, 0.15) is 26.2 Å². The Hall–Kier alpha value is -0.650. The molecule has 0 spiro atoms.